The van der Waals surface area contributed by atoms with Crippen LogP contribution < -0.4 is 5.32 Å². The summed E-state index contributed by atoms with van der Waals surface area (Å²) in [4.78, 5) is 13.4. The zero-order valence-electron chi connectivity index (χ0n) is 10.9. The Hall–Kier alpha value is -0.650. The molecule has 5 heteroatoms. The second-order valence-electron chi connectivity index (χ2n) is 5.98. The number of aliphatic hydroxyl groups is 1. The van der Waals surface area contributed by atoms with E-state index in [1.807, 2.05) is 25.7 Å². The van der Waals surface area contributed by atoms with Crippen LogP contribution in [0.5, 0.6) is 0 Å². The summed E-state index contributed by atoms with van der Waals surface area (Å²) in [6, 6.07) is 0. The maximum Gasteiger partial charge on any atom is 0.223 e. The van der Waals surface area contributed by atoms with Gasteiger partial charge in [-0.2, -0.15) is 0 Å². The predicted octanol–water partition coefficient (Wildman–Crippen LogP) is 0.00120. The lowest BCUT2D eigenvalue weighted by Crippen LogP contribution is -2.42. The van der Waals surface area contributed by atoms with Crippen LogP contribution in [0.2, 0.25) is 0 Å². The van der Waals surface area contributed by atoms with Gasteiger partial charge < -0.3 is 15.2 Å². The molecule has 0 bridgehead atoms. The largest absolute Gasteiger partial charge is 0.359 e. The topological polar surface area (TPSA) is 61.8 Å². The number of nitrogens with zero attached hydrogens (tertiary/aromatic N) is 1. The van der Waals surface area contributed by atoms with Gasteiger partial charge in [-0.15, -0.1) is 0 Å². The number of piperidine rings is 1. The fourth-order valence-corrected chi connectivity index (χ4v) is 2.69. The van der Waals surface area contributed by atoms with E-state index < -0.39 is 6.41 Å². The van der Waals surface area contributed by atoms with Gasteiger partial charge in [0, 0.05) is 26.1 Å². The summed E-state index contributed by atoms with van der Waals surface area (Å²) in [6.45, 7) is 7.25. The summed E-state index contributed by atoms with van der Waals surface area (Å²) in [5.74, 6) is 1.07. The molecule has 2 aliphatic rings. The number of hydrogen-bond acceptors (Lipinski definition) is 4. The fraction of sp³-hybridized carbons (Fsp3) is 0.917. The third-order valence-corrected chi connectivity index (χ3v) is 3.54. The minimum atomic E-state index is -0.854. The highest BCUT2D eigenvalue weighted by Gasteiger charge is 2.60. The molecule has 1 aliphatic carbocycles. The SMILES string of the molecule is CNC(=O)C1C2CN(C(O)OC(C)(C)C)CC21. The van der Waals surface area contributed by atoms with Crippen molar-refractivity contribution in [2.45, 2.75) is 32.8 Å². The van der Waals surface area contributed by atoms with Crippen molar-refractivity contribution in [3.05, 3.63) is 0 Å². The standard InChI is InChI=1S/C12H22N2O3/c1-12(2,3)17-11(16)14-5-7-8(6-14)9(7)10(15)13-4/h7-9,11,16H,5-6H2,1-4H3,(H,13,15). The molecular weight excluding hydrogens is 220 g/mol. The molecule has 3 atom stereocenters. The van der Waals surface area contributed by atoms with Gasteiger partial charge in [0.2, 0.25) is 12.3 Å². The molecule has 5 nitrogen and oxygen atoms in total. The summed E-state index contributed by atoms with van der Waals surface area (Å²) in [7, 11) is 1.67. The Balaban J connectivity index is 1.81. The number of likely N-dealkylation sites (tertiary alicyclic amines) is 1. The molecular formula is C12H22N2O3. The van der Waals surface area contributed by atoms with Gasteiger partial charge in [0.05, 0.1) is 5.60 Å². The van der Waals surface area contributed by atoms with E-state index in [4.69, 9.17) is 4.74 Å². The molecule has 1 saturated carbocycles. The summed E-state index contributed by atoms with van der Waals surface area (Å²) in [5, 5.41) is 12.6. The molecule has 0 aromatic heterocycles. The van der Waals surface area contributed by atoms with E-state index in [-0.39, 0.29) is 17.4 Å². The second-order valence-corrected chi connectivity index (χ2v) is 5.98. The number of hydrogen-bond donors (Lipinski definition) is 2. The number of carbonyl (C=O) groups excluding carboxylic acids is 1. The van der Waals surface area contributed by atoms with Crippen LogP contribution >= 0.6 is 0 Å². The first-order valence-corrected chi connectivity index (χ1v) is 6.15. The van der Waals surface area contributed by atoms with Gasteiger partial charge in [-0.1, -0.05) is 0 Å². The number of aliphatic hydroxyl groups excluding tert-OH is 1. The van der Waals surface area contributed by atoms with Crippen LogP contribution in [0.15, 0.2) is 0 Å². The van der Waals surface area contributed by atoms with Crippen LogP contribution in [-0.4, -0.2) is 48.1 Å². The number of amides is 1. The van der Waals surface area contributed by atoms with Gasteiger partial charge in [-0.25, -0.2) is 0 Å². The number of rotatable bonds is 3. The van der Waals surface area contributed by atoms with Crippen molar-refractivity contribution in [3.63, 3.8) is 0 Å². The number of nitrogens with one attached hydrogen (secondary N) is 1. The Morgan fingerprint density at radius 1 is 1.41 bits per heavy atom. The van der Waals surface area contributed by atoms with Crippen LogP contribution in [0.4, 0.5) is 0 Å². The molecule has 1 saturated heterocycles. The number of ether oxygens (including phenoxy) is 1. The number of fused-ring (bicyclic) bond motifs is 1. The molecule has 2 fully saturated rings. The normalized spacial score (nSPS) is 34.3. The fourth-order valence-electron chi connectivity index (χ4n) is 2.69. The van der Waals surface area contributed by atoms with Crippen molar-refractivity contribution in [2.75, 3.05) is 20.1 Å². The first-order valence-electron chi connectivity index (χ1n) is 6.15. The third-order valence-electron chi connectivity index (χ3n) is 3.54. The Morgan fingerprint density at radius 3 is 2.35 bits per heavy atom. The monoisotopic (exact) mass is 242 g/mol. The molecule has 1 amide bonds. The highest BCUT2D eigenvalue weighted by Crippen LogP contribution is 2.52. The maximum atomic E-state index is 11.5. The van der Waals surface area contributed by atoms with Gasteiger partial charge in [-0.3, -0.25) is 9.69 Å². The summed E-state index contributed by atoms with van der Waals surface area (Å²) in [5.41, 5.74) is -0.355. The van der Waals surface area contributed by atoms with E-state index in [9.17, 15) is 9.90 Å². The minimum absolute atomic E-state index is 0.130. The molecule has 17 heavy (non-hydrogen) atoms. The summed E-state index contributed by atoms with van der Waals surface area (Å²) in [6.07, 6.45) is -0.854. The van der Waals surface area contributed by atoms with Crippen molar-refractivity contribution in [1.82, 2.24) is 10.2 Å². The zero-order valence-corrected chi connectivity index (χ0v) is 10.9. The van der Waals surface area contributed by atoms with Gasteiger partial charge in [-0.05, 0) is 32.6 Å². The lowest BCUT2D eigenvalue weighted by atomic mass is 10.2. The highest BCUT2D eigenvalue weighted by atomic mass is 16.6. The average Bonchev–Trinajstić information content (AvgIpc) is 2.69. The van der Waals surface area contributed by atoms with Gasteiger partial charge >= 0.3 is 0 Å². The van der Waals surface area contributed by atoms with Crippen molar-refractivity contribution < 1.29 is 14.6 Å². The smallest absolute Gasteiger partial charge is 0.223 e. The summed E-state index contributed by atoms with van der Waals surface area (Å²) >= 11 is 0. The Bertz CT molecular complexity index is 301. The second kappa shape index (κ2) is 4.23. The molecule has 0 spiro atoms. The maximum absolute atomic E-state index is 11.5. The first kappa shape index (κ1) is 12.8. The molecule has 0 radical (unpaired) electrons. The van der Waals surface area contributed by atoms with Crippen LogP contribution in [0, 0.1) is 17.8 Å². The molecule has 2 rings (SSSR count). The Kier molecular flexibility index (Phi) is 3.18. The van der Waals surface area contributed by atoms with Crippen LogP contribution in [-0.2, 0) is 9.53 Å². The van der Waals surface area contributed by atoms with E-state index in [0.717, 1.165) is 13.1 Å². The zero-order chi connectivity index (χ0) is 12.8. The van der Waals surface area contributed by atoms with Gasteiger partial charge in [0.1, 0.15) is 0 Å². The van der Waals surface area contributed by atoms with Gasteiger partial charge in [0.25, 0.3) is 0 Å². The molecule has 2 N–H and O–H groups in total. The molecule has 3 unspecified atom stereocenters. The summed E-state index contributed by atoms with van der Waals surface area (Å²) < 4.78 is 5.49. The predicted molar refractivity (Wildman–Crippen MR) is 63.0 cm³/mol. The van der Waals surface area contributed by atoms with Crippen LogP contribution in [0.25, 0.3) is 0 Å². The van der Waals surface area contributed by atoms with E-state index in [1.54, 1.807) is 7.05 Å². The van der Waals surface area contributed by atoms with Crippen molar-refractivity contribution in [2.24, 2.45) is 17.8 Å². The average molecular weight is 242 g/mol. The van der Waals surface area contributed by atoms with Crippen LogP contribution in [0.3, 0.4) is 0 Å². The van der Waals surface area contributed by atoms with Gasteiger partial charge in [0.15, 0.2) is 0 Å². The lowest BCUT2D eigenvalue weighted by molar-refractivity contribution is -0.236. The first-order chi connectivity index (χ1) is 7.83. The Labute approximate surface area is 102 Å². The van der Waals surface area contributed by atoms with Crippen molar-refractivity contribution in [3.8, 4) is 0 Å². The molecule has 1 aliphatic heterocycles. The van der Waals surface area contributed by atoms with Crippen molar-refractivity contribution in [1.29, 1.82) is 0 Å². The van der Waals surface area contributed by atoms with E-state index >= 15 is 0 Å². The van der Waals surface area contributed by atoms with E-state index in [1.165, 1.54) is 0 Å². The molecule has 98 valence electrons. The molecule has 0 aromatic rings. The lowest BCUT2D eigenvalue weighted by Gasteiger charge is -2.31. The van der Waals surface area contributed by atoms with E-state index in [0.29, 0.717) is 11.8 Å². The minimum Gasteiger partial charge on any atom is -0.359 e. The third kappa shape index (κ3) is 2.61. The Morgan fingerprint density at radius 2 is 1.94 bits per heavy atom. The molecule has 0 aromatic carbocycles. The highest BCUT2D eigenvalue weighted by molar-refractivity contribution is 5.82. The quantitative estimate of drug-likeness (QED) is 0.684. The van der Waals surface area contributed by atoms with Crippen molar-refractivity contribution >= 4 is 5.91 Å². The number of carbonyl (C=O) groups is 1. The molecule has 1 heterocycles. The van der Waals surface area contributed by atoms with Crippen LogP contribution in [0.1, 0.15) is 20.8 Å². The van der Waals surface area contributed by atoms with E-state index in [2.05, 4.69) is 5.32 Å².